The maximum atomic E-state index is 12.6. The number of carbonyl (C=O) groups is 1. The predicted molar refractivity (Wildman–Crippen MR) is 158 cm³/mol. The van der Waals surface area contributed by atoms with Crippen molar-refractivity contribution < 1.29 is 18.7 Å². The lowest BCUT2D eigenvalue weighted by atomic mass is 9.62. The SMILES string of the molecule is CC(C)(C)c1cnc(Nc2ccc(-c3ccc(C45CCC(CC(=O)OCc6ccccc6)(CC4)OC5)cc3)nc2)o1. The number of anilines is 2. The fraction of sp³-hybridized carbons (Fsp3) is 0.382. The van der Waals surface area contributed by atoms with Gasteiger partial charge in [-0.2, -0.15) is 0 Å². The normalized spacial score (nSPS) is 21.9. The van der Waals surface area contributed by atoms with Crippen LogP contribution in [-0.2, 0) is 31.7 Å². The maximum absolute atomic E-state index is 12.6. The molecule has 0 unspecified atom stereocenters. The molecule has 212 valence electrons. The number of hydrogen-bond donors (Lipinski definition) is 1. The number of pyridine rings is 1. The Morgan fingerprint density at radius 2 is 1.68 bits per heavy atom. The minimum absolute atomic E-state index is 0.00260. The van der Waals surface area contributed by atoms with E-state index in [0.717, 1.165) is 54.0 Å². The second-order valence-electron chi connectivity index (χ2n) is 12.5. The molecule has 41 heavy (non-hydrogen) atoms. The summed E-state index contributed by atoms with van der Waals surface area (Å²) in [6.07, 6.45) is 7.63. The number of nitrogens with zero attached hydrogens (tertiary/aromatic N) is 2. The molecule has 7 heteroatoms. The molecule has 2 aromatic heterocycles. The maximum Gasteiger partial charge on any atom is 0.309 e. The molecule has 0 radical (unpaired) electrons. The van der Waals surface area contributed by atoms with Crippen molar-refractivity contribution in [2.75, 3.05) is 11.9 Å². The van der Waals surface area contributed by atoms with Gasteiger partial charge in [-0.1, -0.05) is 75.4 Å². The molecule has 4 aromatic rings. The molecule has 1 saturated carbocycles. The van der Waals surface area contributed by atoms with Crippen LogP contribution >= 0.6 is 0 Å². The molecule has 2 aliphatic heterocycles. The summed E-state index contributed by atoms with van der Waals surface area (Å²) in [5, 5.41) is 3.19. The zero-order valence-corrected chi connectivity index (χ0v) is 24.0. The third-order valence-electron chi connectivity index (χ3n) is 8.53. The molecule has 4 heterocycles. The van der Waals surface area contributed by atoms with Crippen LogP contribution in [0.5, 0.6) is 0 Å². The molecule has 1 aliphatic carbocycles. The Balaban J connectivity index is 1.05. The first-order valence-electron chi connectivity index (χ1n) is 14.4. The molecule has 2 bridgehead atoms. The number of nitrogens with one attached hydrogen (secondary N) is 1. The lowest BCUT2D eigenvalue weighted by Gasteiger charge is -2.53. The van der Waals surface area contributed by atoms with Gasteiger partial charge >= 0.3 is 5.97 Å². The van der Waals surface area contributed by atoms with Crippen LogP contribution in [-0.4, -0.2) is 28.1 Å². The number of benzene rings is 2. The fourth-order valence-corrected chi connectivity index (χ4v) is 5.85. The van der Waals surface area contributed by atoms with Gasteiger partial charge in [-0.05, 0) is 48.9 Å². The quantitative estimate of drug-likeness (QED) is 0.227. The van der Waals surface area contributed by atoms with E-state index >= 15 is 0 Å². The standard InChI is InChI=1S/C34H37N3O4/c1-32(2,3)29-21-36-31(41-29)37-27-13-14-28(35-20-27)25-9-11-26(12-10-25)33-15-17-34(18-16-33,40-23-33)19-30(38)39-22-24-7-5-4-6-8-24/h4-14,20-21H,15-19,22-23H2,1-3H3,(H,36,37). The second-order valence-corrected chi connectivity index (χ2v) is 12.5. The molecule has 7 nitrogen and oxygen atoms in total. The van der Waals surface area contributed by atoms with Crippen LogP contribution in [0.4, 0.5) is 11.7 Å². The van der Waals surface area contributed by atoms with Gasteiger partial charge < -0.3 is 19.2 Å². The highest BCUT2D eigenvalue weighted by atomic mass is 16.5. The Morgan fingerprint density at radius 3 is 2.29 bits per heavy atom. The van der Waals surface area contributed by atoms with Crippen molar-refractivity contribution in [2.24, 2.45) is 0 Å². The molecular weight excluding hydrogens is 514 g/mol. The second kappa shape index (κ2) is 10.8. The first-order valence-corrected chi connectivity index (χ1v) is 14.4. The molecule has 2 aromatic carbocycles. The van der Waals surface area contributed by atoms with Crippen molar-refractivity contribution in [3.63, 3.8) is 0 Å². The summed E-state index contributed by atoms with van der Waals surface area (Å²) in [5.41, 5.74) is 4.58. The molecule has 2 saturated heterocycles. The van der Waals surface area contributed by atoms with Crippen LogP contribution < -0.4 is 5.32 Å². The molecule has 3 fully saturated rings. The van der Waals surface area contributed by atoms with E-state index < -0.39 is 5.60 Å². The number of aromatic nitrogens is 2. The summed E-state index contributed by atoms with van der Waals surface area (Å²) in [7, 11) is 0. The highest BCUT2D eigenvalue weighted by Gasteiger charge is 2.51. The Bertz CT molecular complexity index is 1460. The lowest BCUT2D eigenvalue weighted by Crippen LogP contribution is -2.54. The zero-order chi connectivity index (χ0) is 28.5. The van der Waals surface area contributed by atoms with Gasteiger partial charge in [0.15, 0.2) is 0 Å². The largest absolute Gasteiger partial charge is 0.461 e. The minimum Gasteiger partial charge on any atom is -0.461 e. The smallest absolute Gasteiger partial charge is 0.309 e. The van der Waals surface area contributed by atoms with Crippen LogP contribution in [0.1, 0.15) is 69.8 Å². The zero-order valence-electron chi connectivity index (χ0n) is 24.0. The van der Waals surface area contributed by atoms with E-state index in [1.165, 1.54) is 5.56 Å². The number of hydrogen-bond acceptors (Lipinski definition) is 7. The van der Waals surface area contributed by atoms with Gasteiger partial charge in [0.05, 0.1) is 42.4 Å². The van der Waals surface area contributed by atoms with Gasteiger partial charge in [-0.15, -0.1) is 0 Å². The van der Waals surface area contributed by atoms with Crippen LogP contribution in [0, 0.1) is 0 Å². The van der Waals surface area contributed by atoms with Gasteiger partial charge in [0, 0.05) is 16.4 Å². The van der Waals surface area contributed by atoms with E-state index in [2.05, 4.69) is 60.3 Å². The van der Waals surface area contributed by atoms with Crippen molar-refractivity contribution >= 4 is 17.7 Å². The third kappa shape index (κ3) is 5.91. The highest BCUT2D eigenvalue weighted by Crippen LogP contribution is 2.51. The number of fused-ring (bicyclic) bond motifs is 3. The van der Waals surface area contributed by atoms with E-state index in [4.69, 9.17) is 13.9 Å². The summed E-state index contributed by atoms with van der Waals surface area (Å²) in [6, 6.07) is 22.9. The van der Waals surface area contributed by atoms with Gasteiger partial charge in [-0.25, -0.2) is 4.98 Å². The van der Waals surface area contributed by atoms with Gasteiger partial charge in [0.1, 0.15) is 12.4 Å². The third-order valence-corrected chi connectivity index (χ3v) is 8.53. The highest BCUT2D eigenvalue weighted by molar-refractivity contribution is 5.71. The first-order chi connectivity index (χ1) is 19.7. The van der Waals surface area contributed by atoms with Crippen molar-refractivity contribution in [3.05, 3.63) is 96.0 Å². The minimum atomic E-state index is -0.394. The molecule has 3 aliphatic rings. The van der Waals surface area contributed by atoms with Crippen molar-refractivity contribution in [2.45, 2.75) is 75.9 Å². The van der Waals surface area contributed by atoms with Crippen LogP contribution in [0.15, 0.2) is 83.5 Å². The first kappa shape index (κ1) is 27.2. The molecule has 7 rings (SSSR count). The van der Waals surface area contributed by atoms with Gasteiger partial charge in [0.2, 0.25) is 0 Å². The summed E-state index contributed by atoms with van der Waals surface area (Å²) in [5.74, 6) is 0.647. The molecule has 0 atom stereocenters. The Kier molecular flexibility index (Phi) is 7.16. The topological polar surface area (TPSA) is 86.5 Å². The number of ether oxygens (including phenoxy) is 2. The van der Waals surface area contributed by atoms with Crippen molar-refractivity contribution in [1.29, 1.82) is 0 Å². The fourth-order valence-electron chi connectivity index (χ4n) is 5.85. The van der Waals surface area contributed by atoms with Gasteiger partial charge in [-0.3, -0.25) is 9.78 Å². The average molecular weight is 552 g/mol. The number of rotatable bonds is 8. The van der Waals surface area contributed by atoms with Crippen molar-refractivity contribution in [1.82, 2.24) is 9.97 Å². The van der Waals surface area contributed by atoms with E-state index in [-0.39, 0.29) is 16.8 Å². The Labute approximate surface area is 241 Å². The van der Waals surface area contributed by atoms with Crippen LogP contribution in [0.25, 0.3) is 11.3 Å². The summed E-state index contributed by atoms with van der Waals surface area (Å²) in [6.45, 7) is 7.21. The van der Waals surface area contributed by atoms with Gasteiger partial charge in [0.25, 0.3) is 6.01 Å². The monoisotopic (exact) mass is 551 g/mol. The summed E-state index contributed by atoms with van der Waals surface area (Å²) < 4.78 is 17.8. The summed E-state index contributed by atoms with van der Waals surface area (Å²) >= 11 is 0. The van der Waals surface area contributed by atoms with E-state index in [0.29, 0.717) is 25.6 Å². The number of esters is 1. The molecule has 1 N–H and O–H groups in total. The summed E-state index contributed by atoms with van der Waals surface area (Å²) in [4.78, 5) is 21.6. The average Bonchev–Trinajstić information content (AvgIpc) is 3.47. The molecule has 0 amide bonds. The lowest BCUT2D eigenvalue weighted by molar-refractivity contribution is -0.179. The number of carbonyl (C=O) groups excluding carboxylic acids is 1. The van der Waals surface area contributed by atoms with E-state index in [1.807, 2.05) is 42.5 Å². The van der Waals surface area contributed by atoms with E-state index in [1.54, 1.807) is 12.4 Å². The molecule has 0 spiro atoms. The number of oxazole rings is 1. The van der Waals surface area contributed by atoms with Crippen LogP contribution in [0.3, 0.4) is 0 Å². The Hall–Kier alpha value is -3.97. The Morgan fingerprint density at radius 1 is 0.927 bits per heavy atom. The van der Waals surface area contributed by atoms with Crippen LogP contribution in [0.2, 0.25) is 0 Å². The predicted octanol–water partition coefficient (Wildman–Crippen LogP) is 7.49. The van der Waals surface area contributed by atoms with E-state index in [9.17, 15) is 4.79 Å². The van der Waals surface area contributed by atoms with Crippen molar-refractivity contribution in [3.8, 4) is 11.3 Å². The molecular formula is C34H37N3O4.